The molecule has 2 atom stereocenters. The Balaban J connectivity index is 2.02. The molecule has 1 aliphatic heterocycles. The Labute approximate surface area is 158 Å². The van der Waals surface area contributed by atoms with Crippen molar-refractivity contribution < 1.29 is 23.1 Å². The summed E-state index contributed by atoms with van der Waals surface area (Å²) in [6.07, 6.45) is 0. The number of hydrogen-bond acceptors (Lipinski definition) is 4. The smallest absolute Gasteiger partial charge is 0.388 e. The lowest BCUT2D eigenvalue weighted by Gasteiger charge is -2.27. The van der Waals surface area contributed by atoms with Crippen molar-refractivity contribution in [3.8, 4) is 5.88 Å². The monoisotopic (exact) mass is 396 g/mol. The first-order valence-electron chi connectivity index (χ1n) is 7.89. The minimum Gasteiger partial charge on any atom is -0.417 e. The Morgan fingerprint density at radius 1 is 1.30 bits per heavy atom. The molecule has 0 aliphatic carbocycles. The number of amides is 3. The predicted molar refractivity (Wildman–Crippen MR) is 92.4 cm³/mol. The van der Waals surface area contributed by atoms with Crippen LogP contribution in [-0.4, -0.2) is 41.0 Å². The van der Waals surface area contributed by atoms with Gasteiger partial charge in [0.25, 0.3) is 0 Å². The maximum Gasteiger partial charge on any atom is 0.388 e. The van der Waals surface area contributed by atoms with Crippen molar-refractivity contribution in [2.24, 2.45) is 5.73 Å². The van der Waals surface area contributed by atoms with E-state index in [4.69, 9.17) is 17.3 Å². The first kappa shape index (κ1) is 18.8. The number of nitrogens with two attached hydrogens (primary N) is 1. The number of pyridine rings is 1. The number of ether oxygens (including phenoxy) is 1. The summed E-state index contributed by atoms with van der Waals surface area (Å²) >= 11 is 5.92. The van der Waals surface area contributed by atoms with Crippen molar-refractivity contribution >= 4 is 23.5 Å². The summed E-state index contributed by atoms with van der Waals surface area (Å²) in [5, 5.41) is 2.98. The highest BCUT2D eigenvalue weighted by atomic mass is 35.5. The van der Waals surface area contributed by atoms with Gasteiger partial charge in [0.1, 0.15) is 12.1 Å². The zero-order chi connectivity index (χ0) is 19.6. The topological polar surface area (TPSA) is 97.6 Å². The molecule has 142 valence electrons. The Kier molecular flexibility index (Phi) is 5.41. The maximum atomic E-state index is 12.5. The number of nitrogens with one attached hydrogen (secondary N) is 1. The minimum atomic E-state index is -3.03. The van der Waals surface area contributed by atoms with Gasteiger partial charge in [-0.1, -0.05) is 29.8 Å². The second-order valence-electron chi connectivity index (χ2n) is 5.79. The molecule has 1 aliphatic rings. The van der Waals surface area contributed by atoms with Gasteiger partial charge in [-0.2, -0.15) is 8.78 Å². The Hall–Kier alpha value is -2.94. The van der Waals surface area contributed by atoms with Gasteiger partial charge in [0, 0.05) is 11.1 Å². The van der Waals surface area contributed by atoms with Crippen LogP contribution in [0.3, 0.4) is 0 Å². The van der Waals surface area contributed by atoms with Crippen molar-refractivity contribution in [3.63, 3.8) is 0 Å². The standard InChI is InChI=1S/C17H15ClF2N4O3/c18-10-6-4-9(5-7-10)14(24-8-12(15(21)25)23-17(24)26)11-2-1-3-13(22-11)27-16(19)20/h1-7,12,14,16H,8H2,(H2,21,25)(H,23,26)/t12?,14-/m0/s1. The highest BCUT2D eigenvalue weighted by molar-refractivity contribution is 6.30. The van der Waals surface area contributed by atoms with Gasteiger partial charge in [-0.3, -0.25) is 4.79 Å². The van der Waals surface area contributed by atoms with E-state index in [1.165, 1.54) is 17.0 Å². The van der Waals surface area contributed by atoms with Crippen molar-refractivity contribution in [2.75, 3.05) is 6.54 Å². The lowest BCUT2D eigenvalue weighted by atomic mass is 10.0. The summed E-state index contributed by atoms with van der Waals surface area (Å²) in [6.45, 7) is -3.03. The highest BCUT2D eigenvalue weighted by Gasteiger charge is 2.38. The number of urea groups is 1. The van der Waals surface area contributed by atoms with Gasteiger partial charge in [0.05, 0.1) is 12.2 Å². The van der Waals surface area contributed by atoms with Gasteiger partial charge >= 0.3 is 12.6 Å². The van der Waals surface area contributed by atoms with Crippen LogP contribution in [-0.2, 0) is 4.79 Å². The van der Waals surface area contributed by atoms with Crippen LogP contribution in [0.1, 0.15) is 17.3 Å². The fourth-order valence-electron chi connectivity index (χ4n) is 2.84. The van der Waals surface area contributed by atoms with Crippen LogP contribution in [0.5, 0.6) is 5.88 Å². The van der Waals surface area contributed by atoms with Crippen LogP contribution in [0, 0.1) is 0 Å². The average Bonchev–Trinajstić information content (AvgIpc) is 2.99. The van der Waals surface area contributed by atoms with Gasteiger partial charge in [0.2, 0.25) is 11.8 Å². The first-order chi connectivity index (χ1) is 12.8. The van der Waals surface area contributed by atoms with E-state index >= 15 is 0 Å². The second kappa shape index (κ2) is 7.75. The second-order valence-corrected chi connectivity index (χ2v) is 6.23. The molecule has 10 heteroatoms. The molecule has 2 aromatic rings. The summed E-state index contributed by atoms with van der Waals surface area (Å²) in [5.41, 5.74) is 6.20. The number of carbonyl (C=O) groups is 2. The quantitative estimate of drug-likeness (QED) is 0.782. The molecule has 1 fully saturated rings. The van der Waals surface area contributed by atoms with Gasteiger partial charge in [-0.25, -0.2) is 9.78 Å². The number of rotatable bonds is 6. The van der Waals surface area contributed by atoms with Gasteiger partial charge < -0.3 is 20.7 Å². The van der Waals surface area contributed by atoms with E-state index in [9.17, 15) is 18.4 Å². The largest absolute Gasteiger partial charge is 0.417 e. The Bertz CT molecular complexity index is 850. The fourth-order valence-corrected chi connectivity index (χ4v) is 2.96. The summed E-state index contributed by atoms with van der Waals surface area (Å²) in [5.74, 6) is -0.962. The summed E-state index contributed by atoms with van der Waals surface area (Å²) in [4.78, 5) is 29.3. The number of hydrogen-bond donors (Lipinski definition) is 2. The van der Waals surface area contributed by atoms with Crippen LogP contribution in [0.4, 0.5) is 13.6 Å². The van der Waals surface area contributed by atoms with Gasteiger partial charge in [0.15, 0.2) is 0 Å². The number of alkyl halides is 2. The van der Waals surface area contributed by atoms with Crippen LogP contribution in [0.2, 0.25) is 5.02 Å². The molecule has 3 rings (SSSR count). The van der Waals surface area contributed by atoms with Crippen LogP contribution in [0.15, 0.2) is 42.5 Å². The lowest BCUT2D eigenvalue weighted by molar-refractivity contribution is -0.119. The number of halogens is 3. The molecule has 0 bridgehead atoms. The molecule has 2 heterocycles. The zero-order valence-electron chi connectivity index (χ0n) is 13.8. The first-order valence-corrected chi connectivity index (χ1v) is 8.26. The molecule has 1 unspecified atom stereocenters. The number of aromatic nitrogens is 1. The molecule has 0 spiro atoms. The van der Waals surface area contributed by atoms with Crippen molar-refractivity contribution in [1.82, 2.24) is 15.2 Å². The average molecular weight is 397 g/mol. The van der Waals surface area contributed by atoms with Crippen molar-refractivity contribution in [3.05, 3.63) is 58.7 Å². The van der Waals surface area contributed by atoms with E-state index in [-0.39, 0.29) is 18.1 Å². The number of benzene rings is 1. The van der Waals surface area contributed by atoms with E-state index in [2.05, 4.69) is 15.0 Å². The van der Waals surface area contributed by atoms with E-state index in [0.29, 0.717) is 10.6 Å². The third kappa shape index (κ3) is 4.25. The Morgan fingerprint density at radius 2 is 2.00 bits per heavy atom. The van der Waals surface area contributed by atoms with E-state index < -0.39 is 30.6 Å². The third-order valence-corrected chi connectivity index (χ3v) is 4.27. The summed E-state index contributed by atoms with van der Waals surface area (Å²) < 4.78 is 29.4. The molecule has 7 nitrogen and oxygen atoms in total. The molecule has 0 radical (unpaired) electrons. The molecule has 1 aromatic heterocycles. The molecule has 3 amide bonds. The molecule has 27 heavy (non-hydrogen) atoms. The Morgan fingerprint density at radius 3 is 2.59 bits per heavy atom. The SMILES string of the molecule is NC(=O)C1CN([C@@H](c2ccc(Cl)cc2)c2cccc(OC(F)F)n2)C(=O)N1. The summed E-state index contributed by atoms with van der Waals surface area (Å²) in [7, 11) is 0. The van der Waals surface area contributed by atoms with Crippen LogP contribution < -0.4 is 15.8 Å². The van der Waals surface area contributed by atoms with E-state index in [1.807, 2.05) is 0 Å². The molecular weight excluding hydrogens is 382 g/mol. The third-order valence-electron chi connectivity index (χ3n) is 4.01. The van der Waals surface area contributed by atoms with Gasteiger partial charge in [-0.15, -0.1) is 0 Å². The lowest BCUT2D eigenvalue weighted by Crippen LogP contribution is -2.39. The molecule has 1 saturated heterocycles. The molecule has 0 saturated carbocycles. The minimum absolute atomic E-state index is 0.00305. The number of carbonyl (C=O) groups excluding carboxylic acids is 2. The zero-order valence-corrected chi connectivity index (χ0v) is 14.6. The number of nitrogens with zero attached hydrogens (tertiary/aromatic N) is 2. The van der Waals surface area contributed by atoms with Crippen LogP contribution >= 0.6 is 11.6 Å². The van der Waals surface area contributed by atoms with Crippen molar-refractivity contribution in [1.29, 1.82) is 0 Å². The van der Waals surface area contributed by atoms with E-state index in [0.717, 1.165) is 0 Å². The maximum absolute atomic E-state index is 12.5. The molecule has 1 aromatic carbocycles. The van der Waals surface area contributed by atoms with E-state index in [1.54, 1.807) is 30.3 Å². The van der Waals surface area contributed by atoms with Crippen molar-refractivity contribution in [2.45, 2.75) is 18.7 Å². The highest BCUT2D eigenvalue weighted by Crippen LogP contribution is 2.31. The van der Waals surface area contributed by atoms with Gasteiger partial charge in [-0.05, 0) is 23.8 Å². The van der Waals surface area contributed by atoms with Crippen LogP contribution in [0.25, 0.3) is 0 Å². The molecule has 3 N–H and O–H groups in total. The predicted octanol–water partition coefficient (Wildman–Crippen LogP) is 2.30. The fraction of sp³-hybridized carbons (Fsp3) is 0.235. The summed E-state index contributed by atoms with van der Waals surface area (Å²) in [6, 6.07) is 8.81. The normalized spacial score (nSPS) is 17.7. The number of primary amides is 1. The molecular formula is C17H15ClF2N4O3.